The number of carbonyl (C=O) groups excluding carboxylic acids is 2. The van der Waals surface area contributed by atoms with Crippen LogP contribution in [0.4, 0.5) is 0 Å². The maximum atomic E-state index is 12.5. The maximum absolute atomic E-state index is 12.5. The average molecular weight is 471 g/mol. The second-order valence-corrected chi connectivity index (χ2v) is 9.43. The van der Waals surface area contributed by atoms with Crippen LogP contribution in [0.3, 0.4) is 0 Å². The lowest BCUT2D eigenvalue weighted by molar-refractivity contribution is -0.157. The van der Waals surface area contributed by atoms with E-state index >= 15 is 0 Å². The van der Waals surface area contributed by atoms with E-state index in [2.05, 4.69) is 25.1 Å². The minimum atomic E-state index is -1.39. The highest BCUT2D eigenvalue weighted by molar-refractivity contribution is 5.70. The number of rotatable bonds is 5. The van der Waals surface area contributed by atoms with Gasteiger partial charge in [0.25, 0.3) is 0 Å². The van der Waals surface area contributed by atoms with E-state index in [-0.39, 0.29) is 31.1 Å². The highest BCUT2D eigenvalue weighted by Gasteiger charge is 2.34. The summed E-state index contributed by atoms with van der Waals surface area (Å²) in [6.07, 6.45) is 7.12. The van der Waals surface area contributed by atoms with E-state index in [0.717, 1.165) is 5.57 Å². The summed E-state index contributed by atoms with van der Waals surface area (Å²) in [5, 5.41) is 21.2. The van der Waals surface area contributed by atoms with Crippen LogP contribution in [-0.2, 0) is 19.1 Å². The third kappa shape index (κ3) is 8.58. The molecular weight excluding hydrogens is 432 g/mol. The molecule has 1 aliphatic rings. The number of hydrogen-bond acceptors (Lipinski definition) is 6. The van der Waals surface area contributed by atoms with Crippen molar-refractivity contribution in [2.75, 3.05) is 0 Å². The zero-order chi connectivity index (χ0) is 25.3. The van der Waals surface area contributed by atoms with Gasteiger partial charge in [-0.2, -0.15) is 0 Å². The number of aliphatic hydroxyl groups is 2. The summed E-state index contributed by atoms with van der Waals surface area (Å²) in [5.74, 6) is -1.04. The number of ether oxygens (including phenoxy) is 2. The molecule has 0 saturated carbocycles. The third-order valence-corrected chi connectivity index (χ3v) is 6.15. The molecule has 0 aromatic heterocycles. The molecule has 1 aromatic carbocycles. The summed E-state index contributed by atoms with van der Waals surface area (Å²) in [6, 6.07) is 10.2. The summed E-state index contributed by atoms with van der Waals surface area (Å²) in [4.78, 5) is 24.1. The van der Waals surface area contributed by atoms with E-state index in [9.17, 15) is 19.8 Å². The Morgan fingerprint density at radius 2 is 1.91 bits per heavy atom. The predicted molar refractivity (Wildman–Crippen MR) is 132 cm³/mol. The fourth-order valence-corrected chi connectivity index (χ4v) is 3.97. The smallest absolute Gasteiger partial charge is 0.309 e. The van der Waals surface area contributed by atoms with E-state index in [1.165, 1.54) is 12.5 Å². The number of allylic oxidation sites excluding steroid dienone is 3. The molecule has 0 radical (unpaired) electrons. The maximum Gasteiger partial charge on any atom is 0.309 e. The van der Waals surface area contributed by atoms with Crippen LogP contribution in [-0.4, -0.2) is 46.1 Å². The second kappa shape index (κ2) is 12.7. The largest absolute Gasteiger partial charge is 0.457 e. The number of cyclic esters (lactones) is 1. The Bertz CT molecular complexity index is 899. The van der Waals surface area contributed by atoms with Crippen molar-refractivity contribution >= 4 is 11.9 Å². The molecule has 0 amide bonds. The Labute approximate surface area is 203 Å². The first-order valence-corrected chi connectivity index (χ1v) is 11.8. The molecule has 1 aromatic rings. The quantitative estimate of drug-likeness (QED) is 0.370. The summed E-state index contributed by atoms with van der Waals surface area (Å²) < 4.78 is 11.1. The first kappa shape index (κ1) is 27.5. The second-order valence-electron chi connectivity index (χ2n) is 9.43. The van der Waals surface area contributed by atoms with Crippen LogP contribution in [0, 0.1) is 5.92 Å². The van der Waals surface area contributed by atoms with Gasteiger partial charge in [0.15, 0.2) is 0 Å². The van der Waals surface area contributed by atoms with E-state index in [4.69, 9.17) is 9.47 Å². The molecule has 2 N–H and O–H groups in total. The standard InChI is InChI=1S/C28H38O6/c1-19(23-12-7-6-8-13-23)10-9-11-20(2)27-21(3)14-15-25(33-22(4)29)28(5,32)17-16-24(30)18-26(31)34-27/h6-15,19,21,24-25,27,30,32H,16-18H2,1-5H3/b10-9+,15-14-,20-11+/t19?,21-,24-,25-,27+,28-/m0/s1. The lowest BCUT2D eigenvalue weighted by atomic mass is 9.88. The highest BCUT2D eigenvalue weighted by Crippen LogP contribution is 2.27. The van der Waals surface area contributed by atoms with E-state index in [0.29, 0.717) is 0 Å². The van der Waals surface area contributed by atoms with Crippen LogP contribution in [0.1, 0.15) is 65.4 Å². The number of esters is 2. The number of hydrogen-bond donors (Lipinski definition) is 2. The average Bonchev–Trinajstić information content (AvgIpc) is 2.78. The zero-order valence-electron chi connectivity index (χ0n) is 20.8. The van der Waals surface area contributed by atoms with Crippen molar-refractivity contribution in [2.24, 2.45) is 5.92 Å². The van der Waals surface area contributed by atoms with Gasteiger partial charge < -0.3 is 19.7 Å². The van der Waals surface area contributed by atoms with Gasteiger partial charge in [0.1, 0.15) is 17.8 Å². The molecule has 0 bridgehead atoms. The van der Waals surface area contributed by atoms with Gasteiger partial charge in [-0.1, -0.05) is 68.5 Å². The van der Waals surface area contributed by atoms with E-state index < -0.39 is 35.9 Å². The highest BCUT2D eigenvalue weighted by atomic mass is 16.6. The summed E-state index contributed by atoms with van der Waals surface area (Å²) >= 11 is 0. The van der Waals surface area contributed by atoms with Crippen molar-refractivity contribution in [2.45, 2.75) is 83.7 Å². The third-order valence-electron chi connectivity index (χ3n) is 6.15. The number of carbonyl (C=O) groups is 2. The normalized spacial score (nSPS) is 31.1. The number of benzene rings is 1. The van der Waals surface area contributed by atoms with Gasteiger partial charge in [0.2, 0.25) is 0 Å². The Morgan fingerprint density at radius 1 is 1.24 bits per heavy atom. The van der Waals surface area contributed by atoms with Gasteiger partial charge in [0, 0.05) is 12.8 Å². The Kier molecular flexibility index (Phi) is 10.3. The van der Waals surface area contributed by atoms with Crippen molar-refractivity contribution in [3.63, 3.8) is 0 Å². The Morgan fingerprint density at radius 3 is 2.56 bits per heavy atom. The van der Waals surface area contributed by atoms with Crippen molar-refractivity contribution in [1.29, 1.82) is 0 Å². The lowest BCUT2D eigenvalue weighted by Gasteiger charge is -2.32. The molecule has 1 unspecified atom stereocenters. The lowest BCUT2D eigenvalue weighted by Crippen LogP contribution is -2.42. The van der Waals surface area contributed by atoms with Crippen molar-refractivity contribution in [1.82, 2.24) is 0 Å². The SMILES string of the molecule is CC(=O)O[C@H]1/C=C\[C@H](C)[C@@H](/C(C)=C/C=C/C(C)c2ccccc2)OC(=O)C[C@@H](O)CC[C@]1(C)O. The molecule has 6 heteroatoms. The first-order chi connectivity index (χ1) is 16.0. The van der Waals surface area contributed by atoms with Crippen LogP contribution in [0.25, 0.3) is 0 Å². The van der Waals surface area contributed by atoms with Crippen LogP contribution >= 0.6 is 0 Å². The molecule has 0 aliphatic carbocycles. The molecule has 1 heterocycles. The van der Waals surface area contributed by atoms with Gasteiger partial charge in [-0.15, -0.1) is 0 Å². The molecule has 1 aliphatic heterocycles. The van der Waals surface area contributed by atoms with Crippen LogP contribution < -0.4 is 0 Å². The fourth-order valence-electron chi connectivity index (χ4n) is 3.97. The van der Waals surface area contributed by atoms with Gasteiger partial charge in [-0.25, -0.2) is 0 Å². The summed E-state index contributed by atoms with van der Waals surface area (Å²) in [6.45, 7) is 8.75. The molecule has 0 saturated heterocycles. The Hall–Kier alpha value is -2.70. The van der Waals surface area contributed by atoms with Crippen molar-refractivity contribution in [3.05, 3.63) is 71.8 Å². The van der Waals surface area contributed by atoms with Gasteiger partial charge in [0.05, 0.1) is 12.5 Å². The zero-order valence-corrected chi connectivity index (χ0v) is 20.8. The minimum absolute atomic E-state index is 0.158. The van der Waals surface area contributed by atoms with Crippen LogP contribution in [0.2, 0.25) is 0 Å². The Balaban J connectivity index is 2.29. The predicted octanol–water partition coefficient (Wildman–Crippen LogP) is 4.62. The molecule has 2 rings (SSSR count). The molecule has 0 spiro atoms. The first-order valence-electron chi connectivity index (χ1n) is 11.8. The topological polar surface area (TPSA) is 93.1 Å². The molecule has 0 fully saturated rings. The van der Waals surface area contributed by atoms with Crippen LogP contribution in [0.5, 0.6) is 0 Å². The number of aliphatic hydroxyl groups excluding tert-OH is 1. The summed E-state index contributed by atoms with van der Waals surface area (Å²) in [7, 11) is 0. The summed E-state index contributed by atoms with van der Waals surface area (Å²) in [5.41, 5.74) is 0.656. The van der Waals surface area contributed by atoms with Gasteiger partial charge >= 0.3 is 11.9 Å². The van der Waals surface area contributed by atoms with Crippen molar-refractivity contribution < 1.29 is 29.3 Å². The van der Waals surface area contributed by atoms with E-state index in [1.807, 2.05) is 44.2 Å². The van der Waals surface area contributed by atoms with Gasteiger partial charge in [-0.05, 0) is 49.8 Å². The molecule has 6 nitrogen and oxygen atoms in total. The van der Waals surface area contributed by atoms with Crippen molar-refractivity contribution in [3.8, 4) is 0 Å². The minimum Gasteiger partial charge on any atom is -0.457 e. The fraction of sp³-hybridized carbons (Fsp3) is 0.500. The van der Waals surface area contributed by atoms with Gasteiger partial charge in [-0.3, -0.25) is 9.59 Å². The van der Waals surface area contributed by atoms with Crippen LogP contribution in [0.15, 0.2) is 66.3 Å². The molecule has 6 atom stereocenters. The van der Waals surface area contributed by atoms with E-state index in [1.54, 1.807) is 19.1 Å². The molecule has 34 heavy (non-hydrogen) atoms. The molecule has 186 valence electrons. The monoisotopic (exact) mass is 470 g/mol. The molecular formula is C28H38O6.